The zero-order chi connectivity index (χ0) is 16.1. The molecule has 2 N–H and O–H groups in total. The van der Waals surface area contributed by atoms with Crippen molar-refractivity contribution >= 4 is 23.5 Å². The Hall–Kier alpha value is -2.27. The average molecular weight is 322 g/mol. The van der Waals surface area contributed by atoms with Gasteiger partial charge in [-0.05, 0) is 31.0 Å². The van der Waals surface area contributed by atoms with E-state index in [0.717, 1.165) is 5.56 Å². The first-order chi connectivity index (χ1) is 10.5. The molecule has 0 saturated heterocycles. The summed E-state index contributed by atoms with van der Waals surface area (Å²) in [5.74, 6) is -1.19. The minimum absolute atomic E-state index is 0.175. The van der Waals surface area contributed by atoms with Gasteiger partial charge < -0.3 is 14.8 Å². The lowest BCUT2D eigenvalue weighted by atomic mass is 10.1. The van der Waals surface area contributed by atoms with Crippen LogP contribution in [0.3, 0.4) is 0 Å². The van der Waals surface area contributed by atoms with Gasteiger partial charge in [-0.1, -0.05) is 23.7 Å². The van der Waals surface area contributed by atoms with Gasteiger partial charge in [0.15, 0.2) is 0 Å². The zero-order valence-corrected chi connectivity index (χ0v) is 12.8. The zero-order valence-electron chi connectivity index (χ0n) is 12.1. The van der Waals surface area contributed by atoms with Crippen molar-refractivity contribution in [3.63, 3.8) is 0 Å². The summed E-state index contributed by atoms with van der Waals surface area (Å²) in [5, 5.41) is 12.3. The Kier molecular flexibility index (Phi) is 5.22. The third-order valence-corrected chi connectivity index (χ3v) is 3.45. The number of rotatable bonds is 6. The van der Waals surface area contributed by atoms with Gasteiger partial charge >= 0.3 is 5.97 Å². The smallest absolute Gasteiger partial charge is 0.311 e. The number of amides is 1. The summed E-state index contributed by atoms with van der Waals surface area (Å²) in [7, 11) is 0. The maximum Gasteiger partial charge on any atom is 0.311 e. The summed E-state index contributed by atoms with van der Waals surface area (Å²) in [4.78, 5) is 23.0. The highest BCUT2D eigenvalue weighted by Crippen LogP contribution is 2.17. The normalized spacial score (nSPS) is 10.5. The number of carboxylic acids is 1. The van der Waals surface area contributed by atoms with Crippen molar-refractivity contribution < 1.29 is 19.1 Å². The predicted molar refractivity (Wildman–Crippen MR) is 82.3 cm³/mol. The van der Waals surface area contributed by atoms with Gasteiger partial charge in [0.05, 0.1) is 11.8 Å². The van der Waals surface area contributed by atoms with Crippen LogP contribution in [0.15, 0.2) is 34.9 Å². The molecule has 0 aliphatic carbocycles. The SMILES string of the molecule is Cc1coc(CC(=O)O)c1C(=O)NCCc1ccc(Cl)cc1. The van der Waals surface area contributed by atoms with Crippen LogP contribution in [0, 0.1) is 6.92 Å². The Balaban J connectivity index is 1.96. The molecular formula is C16H16ClNO4. The molecule has 2 rings (SSSR count). The van der Waals surface area contributed by atoms with E-state index in [2.05, 4.69) is 5.32 Å². The third kappa shape index (κ3) is 4.11. The molecule has 0 aliphatic heterocycles. The molecule has 0 radical (unpaired) electrons. The van der Waals surface area contributed by atoms with E-state index in [1.54, 1.807) is 19.1 Å². The Morgan fingerprint density at radius 3 is 2.59 bits per heavy atom. The van der Waals surface area contributed by atoms with Crippen LogP contribution < -0.4 is 5.32 Å². The van der Waals surface area contributed by atoms with E-state index >= 15 is 0 Å². The fraction of sp³-hybridized carbons (Fsp3) is 0.250. The molecule has 116 valence electrons. The predicted octanol–water partition coefficient (Wildman–Crippen LogP) is 2.84. The molecule has 1 heterocycles. The van der Waals surface area contributed by atoms with E-state index in [1.807, 2.05) is 12.1 Å². The highest BCUT2D eigenvalue weighted by Gasteiger charge is 2.20. The molecule has 0 aliphatic rings. The standard InChI is InChI=1S/C16H16ClNO4/c1-10-9-22-13(8-14(19)20)15(10)16(21)18-7-6-11-2-4-12(17)5-3-11/h2-5,9H,6-8H2,1H3,(H,18,21)(H,19,20). The highest BCUT2D eigenvalue weighted by atomic mass is 35.5. The van der Waals surface area contributed by atoms with E-state index in [1.165, 1.54) is 6.26 Å². The molecule has 1 aromatic carbocycles. The van der Waals surface area contributed by atoms with Crippen molar-refractivity contribution in [3.8, 4) is 0 Å². The number of hydrogen-bond donors (Lipinski definition) is 2. The second-order valence-electron chi connectivity index (χ2n) is 4.92. The van der Waals surface area contributed by atoms with E-state index in [0.29, 0.717) is 29.1 Å². The second kappa shape index (κ2) is 7.13. The van der Waals surface area contributed by atoms with Crippen LogP contribution in [0.1, 0.15) is 27.2 Å². The topological polar surface area (TPSA) is 79.5 Å². The molecule has 0 fully saturated rings. The minimum Gasteiger partial charge on any atom is -0.481 e. The molecule has 0 saturated carbocycles. The van der Waals surface area contributed by atoms with Gasteiger partial charge in [0.25, 0.3) is 5.91 Å². The Labute approximate surface area is 132 Å². The number of aryl methyl sites for hydroxylation is 1. The first-order valence-corrected chi connectivity index (χ1v) is 7.16. The molecule has 0 unspecified atom stereocenters. The van der Waals surface area contributed by atoms with Gasteiger partial charge in [-0.3, -0.25) is 9.59 Å². The van der Waals surface area contributed by atoms with Gasteiger partial charge in [0.2, 0.25) is 0 Å². The van der Waals surface area contributed by atoms with Gasteiger partial charge in [-0.25, -0.2) is 0 Å². The number of carbonyl (C=O) groups is 2. The maximum absolute atomic E-state index is 12.2. The van der Waals surface area contributed by atoms with Gasteiger partial charge in [-0.2, -0.15) is 0 Å². The molecule has 1 amide bonds. The highest BCUT2D eigenvalue weighted by molar-refractivity contribution is 6.30. The third-order valence-electron chi connectivity index (χ3n) is 3.20. The summed E-state index contributed by atoms with van der Waals surface area (Å²) in [6.07, 6.45) is 1.74. The second-order valence-corrected chi connectivity index (χ2v) is 5.36. The van der Waals surface area contributed by atoms with Crippen LogP contribution in [-0.2, 0) is 17.6 Å². The van der Waals surface area contributed by atoms with E-state index < -0.39 is 5.97 Å². The molecule has 22 heavy (non-hydrogen) atoms. The summed E-state index contributed by atoms with van der Waals surface area (Å²) in [6, 6.07) is 7.38. The molecule has 0 atom stereocenters. The molecule has 1 aromatic heterocycles. The van der Waals surface area contributed by atoms with Gasteiger partial charge in [0, 0.05) is 17.1 Å². The van der Waals surface area contributed by atoms with Crippen molar-refractivity contribution in [1.29, 1.82) is 0 Å². The van der Waals surface area contributed by atoms with E-state index in [4.69, 9.17) is 21.1 Å². The Morgan fingerprint density at radius 2 is 1.95 bits per heavy atom. The number of carboxylic acid groups (broad SMARTS) is 1. The van der Waals surface area contributed by atoms with Crippen molar-refractivity contribution in [2.45, 2.75) is 19.8 Å². The minimum atomic E-state index is -1.04. The Morgan fingerprint density at radius 1 is 1.27 bits per heavy atom. The quantitative estimate of drug-likeness (QED) is 0.857. The summed E-state index contributed by atoms with van der Waals surface area (Å²) < 4.78 is 5.15. The van der Waals surface area contributed by atoms with E-state index in [9.17, 15) is 9.59 Å². The van der Waals surface area contributed by atoms with Crippen LogP contribution in [0.25, 0.3) is 0 Å². The van der Waals surface area contributed by atoms with Crippen LogP contribution in [0.4, 0.5) is 0 Å². The molecule has 2 aromatic rings. The maximum atomic E-state index is 12.2. The molecule has 0 bridgehead atoms. The van der Waals surface area contributed by atoms with E-state index in [-0.39, 0.29) is 18.1 Å². The summed E-state index contributed by atoms with van der Waals surface area (Å²) in [5.41, 5.74) is 1.98. The molecule has 5 nitrogen and oxygen atoms in total. The van der Waals surface area contributed by atoms with Gasteiger partial charge in [0.1, 0.15) is 12.2 Å². The van der Waals surface area contributed by atoms with Crippen molar-refractivity contribution in [2.75, 3.05) is 6.54 Å². The van der Waals surface area contributed by atoms with Crippen LogP contribution in [0.5, 0.6) is 0 Å². The fourth-order valence-electron chi connectivity index (χ4n) is 2.13. The number of nitrogens with one attached hydrogen (secondary N) is 1. The number of aliphatic carboxylic acids is 1. The first-order valence-electron chi connectivity index (χ1n) is 6.78. The lowest BCUT2D eigenvalue weighted by molar-refractivity contribution is -0.136. The average Bonchev–Trinajstić information content (AvgIpc) is 2.81. The van der Waals surface area contributed by atoms with Crippen molar-refractivity contribution in [3.05, 3.63) is 58.0 Å². The lowest BCUT2D eigenvalue weighted by Crippen LogP contribution is -2.27. The fourth-order valence-corrected chi connectivity index (χ4v) is 2.26. The lowest BCUT2D eigenvalue weighted by Gasteiger charge is -2.06. The first kappa shape index (κ1) is 16.1. The number of carbonyl (C=O) groups excluding carboxylic acids is 1. The largest absolute Gasteiger partial charge is 0.481 e. The van der Waals surface area contributed by atoms with Crippen LogP contribution in [-0.4, -0.2) is 23.5 Å². The molecular weight excluding hydrogens is 306 g/mol. The van der Waals surface area contributed by atoms with Crippen LogP contribution in [0.2, 0.25) is 5.02 Å². The Bertz CT molecular complexity index is 676. The van der Waals surface area contributed by atoms with Crippen molar-refractivity contribution in [1.82, 2.24) is 5.32 Å². The molecule has 0 spiro atoms. The monoisotopic (exact) mass is 321 g/mol. The number of halogens is 1. The number of furan rings is 1. The van der Waals surface area contributed by atoms with Gasteiger partial charge in [-0.15, -0.1) is 0 Å². The van der Waals surface area contributed by atoms with Crippen molar-refractivity contribution in [2.24, 2.45) is 0 Å². The molecule has 6 heteroatoms. The summed E-state index contributed by atoms with van der Waals surface area (Å²) >= 11 is 5.81. The number of benzene rings is 1. The number of hydrogen-bond acceptors (Lipinski definition) is 3. The summed E-state index contributed by atoms with van der Waals surface area (Å²) in [6.45, 7) is 2.15. The van der Waals surface area contributed by atoms with Crippen LogP contribution >= 0.6 is 11.6 Å².